The van der Waals surface area contributed by atoms with Crippen LogP contribution in [0, 0.1) is 11.6 Å². The number of hydrogen-bond acceptors (Lipinski definition) is 5. The summed E-state index contributed by atoms with van der Waals surface area (Å²) in [6.45, 7) is -0.209. The zero-order valence-corrected chi connectivity index (χ0v) is 10.2. The average Bonchev–Trinajstić information content (AvgIpc) is 2.86. The Bertz CT molecular complexity index is 686. The molecule has 0 aliphatic heterocycles. The molecular weight excluding hydrogens is 280 g/mol. The normalized spacial score (nSPS) is 11.7. The summed E-state index contributed by atoms with van der Waals surface area (Å²) in [4.78, 5) is -0.731. The highest BCUT2D eigenvalue weighted by Gasteiger charge is 2.22. The third-order valence-electron chi connectivity index (χ3n) is 2.31. The van der Waals surface area contributed by atoms with Gasteiger partial charge in [0.25, 0.3) is 0 Å². The van der Waals surface area contributed by atoms with Gasteiger partial charge >= 0.3 is 0 Å². The van der Waals surface area contributed by atoms with Crippen LogP contribution >= 0.6 is 0 Å². The number of nitrogens with zero attached hydrogens (tertiary/aromatic N) is 1. The van der Waals surface area contributed by atoms with Crippen molar-refractivity contribution in [2.45, 2.75) is 11.4 Å². The summed E-state index contributed by atoms with van der Waals surface area (Å²) >= 11 is 0. The molecule has 0 bridgehead atoms. The van der Waals surface area contributed by atoms with Crippen molar-refractivity contribution in [2.24, 2.45) is 0 Å². The summed E-state index contributed by atoms with van der Waals surface area (Å²) < 4.78 is 57.0. The fraction of sp³-hybridized carbons (Fsp3) is 0.100. The number of halogens is 2. The Morgan fingerprint density at radius 3 is 2.68 bits per heavy atom. The zero-order chi connectivity index (χ0) is 14.0. The number of aromatic nitrogens is 1. The Labute approximate surface area is 107 Å². The van der Waals surface area contributed by atoms with Crippen molar-refractivity contribution in [3.63, 3.8) is 0 Å². The van der Waals surface area contributed by atoms with Gasteiger partial charge in [-0.2, -0.15) is 0 Å². The maximum absolute atomic E-state index is 13.6. The molecule has 6 nitrogen and oxygen atoms in total. The minimum absolute atomic E-state index is 0.209. The molecular formula is C10H9F2N3O3S. The first kappa shape index (κ1) is 13.4. The van der Waals surface area contributed by atoms with Gasteiger partial charge in [0.2, 0.25) is 10.0 Å². The number of nitrogens with one attached hydrogen (secondary N) is 1. The number of anilines is 1. The molecule has 102 valence electrons. The van der Waals surface area contributed by atoms with Gasteiger partial charge in [-0.1, -0.05) is 5.16 Å². The second-order valence-corrected chi connectivity index (χ2v) is 5.31. The van der Waals surface area contributed by atoms with Crippen molar-refractivity contribution in [3.8, 4) is 0 Å². The van der Waals surface area contributed by atoms with Crippen LogP contribution in [0.25, 0.3) is 0 Å². The largest absolute Gasteiger partial charge is 0.394 e. The first-order chi connectivity index (χ1) is 8.92. The number of hydrogen-bond donors (Lipinski definition) is 2. The topological polar surface area (TPSA) is 98.2 Å². The molecule has 0 aliphatic rings. The Hall–Kier alpha value is -2.00. The predicted molar refractivity (Wildman–Crippen MR) is 61.3 cm³/mol. The Morgan fingerprint density at radius 1 is 1.32 bits per heavy atom. The molecule has 2 rings (SSSR count). The van der Waals surface area contributed by atoms with Gasteiger partial charge in [0, 0.05) is 6.07 Å². The standard InChI is InChI=1S/C10H9F2N3O3S/c11-7-1-2-8(9(12)10(7)13)19(16,17)15-5-6-3-4-14-18-6/h1-4,15H,5,13H2. The van der Waals surface area contributed by atoms with Crippen LogP contribution in [0.5, 0.6) is 0 Å². The molecule has 0 radical (unpaired) electrons. The van der Waals surface area contributed by atoms with Crippen LogP contribution < -0.4 is 10.5 Å². The second kappa shape index (κ2) is 4.94. The smallest absolute Gasteiger partial charge is 0.243 e. The fourth-order valence-electron chi connectivity index (χ4n) is 1.33. The van der Waals surface area contributed by atoms with E-state index in [1.54, 1.807) is 0 Å². The van der Waals surface area contributed by atoms with Crippen LogP contribution in [-0.4, -0.2) is 13.6 Å². The number of benzene rings is 1. The maximum atomic E-state index is 13.6. The molecule has 0 spiro atoms. The highest BCUT2D eigenvalue weighted by Crippen LogP contribution is 2.22. The van der Waals surface area contributed by atoms with E-state index in [9.17, 15) is 17.2 Å². The van der Waals surface area contributed by atoms with E-state index in [-0.39, 0.29) is 12.3 Å². The van der Waals surface area contributed by atoms with E-state index in [1.165, 1.54) is 12.3 Å². The molecule has 9 heteroatoms. The molecule has 0 saturated heterocycles. The quantitative estimate of drug-likeness (QED) is 0.819. The van der Waals surface area contributed by atoms with E-state index in [4.69, 9.17) is 5.73 Å². The summed E-state index contributed by atoms with van der Waals surface area (Å²) in [6, 6.07) is 3.02. The van der Waals surface area contributed by atoms with E-state index in [0.717, 1.165) is 12.1 Å². The molecule has 19 heavy (non-hydrogen) atoms. The molecule has 0 fully saturated rings. The SMILES string of the molecule is Nc1c(F)ccc(S(=O)(=O)NCc2ccno2)c1F. The van der Waals surface area contributed by atoms with Crippen molar-refractivity contribution in [1.29, 1.82) is 0 Å². The molecule has 0 saturated carbocycles. The van der Waals surface area contributed by atoms with E-state index in [0.29, 0.717) is 0 Å². The molecule has 1 heterocycles. The van der Waals surface area contributed by atoms with Crippen LogP contribution in [0.1, 0.15) is 5.76 Å². The molecule has 3 N–H and O–H groups in total. The average molecular weight is 289 g/mol. The van der Waals surface area contributed by atoms with Gasteiger partial charge in [-0.3, -0.25) is 0 Å². The number of nitrogen functional groups attached to an aromatic ring is 1. The molecule has 1 aromatic carbocycles. The van der Waals surface area contributed by atoms with E-state index < -0.39 is 32.2 Å². The van der Waals surface area contributed by atoms with Crippen LogP contribution in [0.2, 0.25) is 0 Å². The number of sulfonamides is 1. The first-order valence-electron chi connectivity index (χ1n) is 5.04. The molecule has 0 unspecified atom stereocenters. The minimum atomic E-state index is -4.17. The molecule has 0 aliphatic carbocycles. The highest BCUT2D eigenvalue weighted by atomic mass is 32.2. The van der Waals surface area contributed by atoms with Gasteiger partial charge in [0.05, 0.1) is 12.7 Å². The Morgan fingerprint density at radius 2 is 2.05 bits per heavy atom. The highest BCUT2D eigenvalue weighted by molar-refractivity contribution is 7.89. The molecule has 0 amide bonds. The van der Waals surface area contributed by atoms with Gasteiger partial charge in [0.1, 0.15) is 16.4 Å². The van der Waals surface area contributed by atoms with Crippen LogP contribution in [0.15, 0.2) is 33.8 Å². The summed E-state index contributed by atoms with van der Waals surface area (Å²) in [7, 11) is -4.17. The van der Waals surface area contributed by atoms with Gasteiger partial charge in [-0.15, -0.1) is 0 Å². The van der Waals surface area contributed by atoms with Crippen molar-refractivity contribution in [1.82, 2.24) is 9.88 Å². The van der Waals surface area contributed by atoms with E-state index >= 15 is 0 Å². The van der Waals surface area contributed by atoms with Crippen LogP contribution in [-0.2, 0) is 16.6 Å². The van der Waals surface area contributed by atoms with Gasteiger partial charge in [-0.25, -0.2) is 21.9 Å². The fourth-order valence-corrected chi connectivity index (χ4v) is 2.41. The lowest BCUT2D eigenvalue weighted by Gasteiger charge is -2.08. The second-order valence-electron chi connectivity index (χ2n) is 3.58. The molecule has 0 atom stereocenters. The number of rotatable bonds is 4. The Kier molecular flexibility index (Phi) is 3.49. The third kappa shape index (κ3) is 2.71. The first-order valence-corrected chi connectivity index (χ1v) is 6.53. The van der Waals surface area contributed by atoms with Crippen molar-refractivity contribution in [2.75, 3.05) is 5.73 Å². The van der Waals surface area contributed by atoms with Gasteiger partial charge < -0.3 is 10.3 Å². The van der Waals surface area contributed by atoms with Crippen LogP contribution in [0.3, 0.4) is 0 Å². The predicted octanol–water partition coefficient (Wildman–Crippen LogP) is 1.01. The lowest BCUT2D eigenvalue weighted by Crippen LogP contribution is -2.24. The molecule has 1 aromatic heterocycles. The van der Waals surface area contributed by atoms with E-state index in [2.05, 4.69) is 14.4 Å². The van der Waals surface area contributed by atoms with Crippen LogP contribution in [0.4, 0.5) is 14.5 Å². The summed E-state index contributed by atoms with van der Waals surface area (Å²) in [5.74, 6) is -2.10. The minimum Gasteiger partial charge on any atom is -0.394 e. The summed E-state index contributed by atoms with van der Waals surface area (Å²) in [5.41, 5.74) is 4.25. The summed E-state index contributed by atoms with van der Waals surface area (Å²) in [6.07, 6.45) is 1.33. The van der Waals surface area contributed by atoms with Crippen molar-refractivity contribution in [3.05, 3.63) is 41.8 Å². The third-order valence-corrected chi connectivity index (χ3v) is 3.73. The van der Waals surface area contributed by atoms with Crippen molar-refractivity contribution >= 4 is 15.7 Å². The summed E-state index contributed by atoms with van der Waals surface area (Å²) in [5, 5.41) is 3.39. The van der Waals surface area contributed by atoms with Crippen molar-refractivity contribution < 1.29 is 21.7 Å². The lowest BCUT2D eigenvalue weighted by molar-refractivity contribution is 0.380. The maximum Gasteiger partial charge on any atom is 0.243 e. The zero-order valence-electron chi connectivity index (χ0n) is 9.43. The Balaban J connectivity index is 2.27. The van der Waals surface area contributed by atoms with Gasteiger partial charge in [-0.05, 0) is 12.1 Å². The monoisotopic (exact) mass is 289 g/mol. The van der Waals surface area contributed by atoms with Gasteiger partial charge in [0.15, 0.2) is 11.6 Å². The number of nitrogens with two attached hydrogens (primary N) is 1. The van der Waals surface area contributed by atoms with E-state index in [1.807, 2.05) is 0 Å². The molecule has 2 aromatic rings. The lowest BCUT2D eigenvalue weighted by atomic mass is 10.3.